The van der Waals surface area contributed by atoms with Gasteiger partial charge in [-0.1, -0.05) is 18.7 Å². The lowest BCUT2D eigenvalue weighted by molar-refractivity contribution is -0.117. The van der Waals surface area contributed by atoms with Crippen LogP contribution in [0.15, 0.2) is 24.3 Å². The zero-order chi connectivity index (χ0) is 8.85. The molecule has 0 fully saturated rings. The molecular weight excluding hydrogens is 138 g/mol. The Labute approximate surface area is 68.0 Å². The van der Waals surface area contributed by atoms with Crippen molar-refractivity contribution in [3.8, 4) is 0 Å². The third-order valence-corrected chi connectivity index (χ3v) is 1.08. The summed E-state index contributed by atoms with van der Waals surface area (Å²) in [5, 5.41) is 2.74. The highest BCUT2D eigenvalue weighted by molar-refractivity contribution is 5.95. The third kappa shape index (κ3) is 4.37. The van der Waals surface area contributed by atoms with E-state index in [0.717, 1.165) is 0 Å². The smallest absolute Gasteiger partial charge is 0.250 e. The second-order valence-corrected chi connectivity index (χ2v) is 2.65. The van der Waals surface area contributed by atoms with Crippen LogP contribution in [0.3, 0.4) is 0 Å². The van der Waals surface area contributed by atoms with Gasteiger partial charge in [-0.3, -0.25) is 4.79 Å². The number of carbonyl (C=O) groups excluding carboxylic acids is 1. The largest absolute Gasteiger partial charge is 0.350 e. The van der Waals surface area contributed by atoms with Crippen LogP contribution in [0.1, 0.15) is 20.8 Å². The van der Waals surface area contributed by atoms with Gasteiger partial charge in [-0.2, -0.15) is 0 Å². The lowest BCUT2D eigenvalue weighted by Gasteiger charge is -2.07. The molecule has 0 spiro atoms. The molecular formula is C9H15NO. The molecule has 0 aromatic carbocycles. The Morgan fingerprint density at radius 2 is 2.09 bits per heavy atom. The van der Waals surface area contributed by atoms with Crippen LogP contribution in [0.4, 0.5) is 0 Å². The molecule has 0 heterocycles. The molecule has 0 unspecified atom stereocenters. The molecule has 1 amide bonds. The van der Waals surface area contributed by atoms with Crippen molar-refractivity contribution < 1.29 is 4.79 Å². The van der Waals surface area contributed by atoms with E-state index in [0.29, 0.717) is 5.57 Å². The Hall–Kier alpha value is -1.05. The van der Waals surface area contributed by atoms with Crippen molar-refractivity contribution in [2.24, 2.45) is 0 Å². The van der Waals surface area contributed by atoms with Crippen LogP contribution >= 0.6 is 0 Å². The molecule has 62 valence electrons. The highest BCUT2D eigenvalue weighted by Gasteiger charge is 2.03. The van der Waals surface area contributed by atoms with Crippen LogP contribution in [0.2, 0.25) is 0 Å². The molecule has 0 radical (unpaired) electrons. The molecule has 0 rings (SSSR count). The molecule has 0 atom stereocenters. The second kappa shape index (κ2) is 4.72. The number of carbonyl (C=O) groups is 1. The maximum absolute atomic E-state index is 11.1. The molecule has 0 aliphatic carbocycles. The first-order valence-electron chi connectivity index (χ1n) is 3.70. The molecule has 1 N–H and O–H groups in total. The van der Waals surface area contributed by atoms with Gasteiger partial charge in [0.1, 0.15) is 0 Å². The second-order valence-electron chi connectivity index (χ2n) is 2.65. The van der Waals surface area contributed by atoms with Gasteiger partial charge in [0, 0.05) is 11.6 Å². The minimum atomic E-state index is -0.0990. The Kier molecular flexibility index (Phi) is 4.27. The van der Waals surface area contributed by atoms with Crippen LogP contribution in [-0.4, -0.2) is 11.9 Å². The van der Waals surface area contributed by atoms with Crippen molar-refractivity contribution in [2.75, 3.05) is 0 Å². The van der Waals surface area contributed by atoms with E-state index in [9.17, 15) is 4.79 Å². The van der Waals surface area contributed by atoms with Crippen LogP contribution < -0.4 is 5.32 Å². The predicted molar refractivity (Wildman–Crippen MR) is 47.2 cm³/mol. The minimum absolute atomic E-state index is 0.0990. The van der Waals surface area contributed by atoms with Gasteiger partial charge in [-0.05, 0) is 20.8 Å². The van der Waals surface area contributed by atoms with Gasteiger partial charge >= 0.3 is 0 Å². The monoisotopic (exact) mass is 153 g/mol. The van der Waals surface area contributed by atoms with E-state index in [-0.39, 0.29) is 11.9 Å². The molecule has 0 aliphatic rings. The van der Waals surface area contributed by atoms with E-state index >= 15 is 0 Å². The lowest BCUT2D eigenvalue weighted by atomic mass is 10.2. The Morgan fingerprint density at radius 1 is 1.55 bits per heavy atom. The number of nitrogens with one attached hydrogen (secondary N) is 1. The quantitative estimate of drug-likeness (QED) is 0.484. The van der Waals surface area contributed by atoms with E-state index in [4.69, 9.17) is 0 Å². The topological polar surface area (TPSA) is 29.1 Å². The van der Waals surface area contributed by atoms with Crippen molar-refractivity contribution >= 4 is 5.91 Å². The molecule has 0 aromatic heterocycles. The fourth-order valence-electron chi connectivity index (χ4n) is 0.632. The maximum Gasteiger partial charge on any atom is 0.250 e. The summed E-state index contributed by atoms with van der Waals surface area (Å²) in [4.78, 5) is 11.1. The first-order chi connectivity index (χ1) is 5.07. The summed E-state index contributed by atoms with van der Waals surface area (Å²) in [7, 11) is 0. The van der Waals surface area contributed by atoms with Crippen molar-refractivity contribution in [2.45, 2.75) is 26.8 Å². The number of hydrogen-bond acceptors (Lipinski definition) is 1. The van der Waals surface area contributed by atoms with Gasteiger partial charge in [0.2, 0.25) is 0 Å². The fraction of sp³-hybridized carbons (Fsp3) is 0.444. The number of rotatable bonds is 3. The molecule has 0 saturated heterocycles. The summed E-state index contributed by atoms with van der Waals surface area (Å²) >= 11 is 0. The first kappa shape index (κ1) is 9.95. The first-order valence-corrected chi connectivity index (χ1v) is 3.70. The van der Waals surface area contributed by atoms with E-state index < -0.39 is 0 Å². The zero-order valence-electron chi connectivity index (χ0n) is 7.35. The highest BCUT2D eigenvalue weighted by atomic mass is 16.1. The number of amides is 1. The summed E-state index contributed by atoms with van der Waals surface area (Å²) in [6, 6.07) is 0.171. The van der Waals surface area contributed by atoms with Gasteiger partial charge in [0.15, 0.2) is 0 Å². The normalized spacial score (nSPS) is 10.5. The summed E-state index contributed by atoms with van der Waals surface area (Å²) < 4.78 is 0. The number of allylic oxidation sites excluding steroid dienone is 1. The van der Waals surface area contributed by atoms with E-state index in [1.165, 1.54) is 0 Å². The van der Waals surface area contributed by atoms with Crippen LogP contribution in [0, 0.1) is 0 Å². The average molecular weight is 153 g/mol. The third-order valence-electron chi connectivity index (χ3n) is 1.08. The molecule has 0 bridgehead atoms. The van der Waals surface area contributed by atoms with Gasteiger partial charge in [-0.15, -0.1) is 0 Å². The van der Waals surface area contributed by atoms with Crippen LogP contribution in [0.5, 0.6) is 0 Å². The fourth-order valence-corrected chi connectivity index (χ4v) is 0.632. The van der Waals surface area contributed by atoms with Crippen LogP contribution in [-0.2, 0) is 4.79 Å². The molecule has 0 saturated carbocycles. The maximum atomic E-state index is 11.1. The Bertz CT molecular complexity index is 180. The van der Waals surface area contributed by atoms with Crippen molar-refractivity contribution in [3.05, 3.63) is 24.3 Å². The van der Waals surface area contributed by atoms with Crippen molar-refractivity contribution in [3.63, 3.8) is 0 Å². The summed E-state index contributed by atoms with van der Waals surface area (Å²) in [5.41, 5.74) is 0.501. The summed E-state index contributed by atoms with van der Waals surface area (Å²) in [6.45, 7) is 9.29. The predicted octanol–water partition coefficient (Wildman–Crippen LogP) is 1.64. The Balaban J connectivity index is 3.94. The van der Waals surface area contributed by atoms with Gasteiger partial charge < -0.3 is 5.32 Å². The average Bonchev–Trinajstić information content (AvgIpc) is 1.86. The van der Waals surface area contributed by atoms with Crippen molar-refractivity contribution in [1.82, 2.24) is 5.32 Å². The van der Waals surface area contributed by atoms with Gasteiger partial charge in [0.05, 0.1) is 0 Å². The van der Waals surface area contributed by atoms with Crippen LogP contribution in [0.25, 0.3) is 0 Å². The molecule has 2 heteroatoms. The summed E-state index contributed by atoms with van der Waals surface area (Å²) in [5.74, 6) is -0.0990. The number of hydrogen-bond donors (Lipinski definition) is 1. The van der Waals surface area contributed by atoms with E-state index in [2.05, 4.69) is 11.9 Å². The SMILES string of the molecule is C=C(/C=C\C)C(=O)NC(C)C. The van der Waals surface area contributed by atoms with Crippen molar-refractivity contribution in [1.29, 1.82) is 0 Å². The molecule has 0 aliphatic heterocycles. The molecule has 2 nitrogen and oxygen atoms in total. The standard InChI is InChI=1S/C9H15NO/c1-5-6-8(4)9(11)10-7(2)3/h5-7H,4H2,1-3H3,(H,10,11)/b6-5-. The van der Waals surface area contributed by atoms with E-state index in [1.807, 2.05) is 20.8 Å². The van der Waals surface area contributed by atoms with Gasteiger partial charge in [-0.25, -0.2) is 0 Å². The zero-order valence-corrected chi connectivity index (χ0v) is 7.35. The Morgan fingerprint density at radius 3 is 2.45 bits per heavy atom. The minimum Gasteiger partial charge on any atom is -0.350 e. The summed E-state index contributed by atoms with van der Waals surface area (Å²) in [6.07, 6.45) is 3.49. The molecule has 0 aromatic rings. The lowest BCUT2D eigenvalue weighted by Crippen LogP contribution is -2.30. The van der Waals surface area contributed by atoms with E-state index in [1.54, 1.807) is 12.2 Å². The van der Waals surface area contributed by atoms with Gasteiger partial charge in [0.25, 0.3) is 5.91 Å². The molecule has 11 heavy (non-hydrogen) atoms. The highest BCUT2D eigenvalue weighted by Crippen LogP contribution is 1.93.